The van der Waals surface area contributed by atoms with Crippen molar-refractivity contribution < 1.29 is 17.5 Å². The molecule has 3 rings (SSSR count). The summed E-state index contributed by atoms with van der Waals surface area (Å²) in [4.78, 5) is 2.38. The van der Waals surface area contributed by atoms with Crippen molar-refractivity contribution in [3.63, 3.8) is 0 Å². The first-order valence-electron chi connectivity index (χ1n) is 8.02. The van der Waals surface area contributed by atoms with Gasteiger partial charge in [-0.1, -0.05) is 28.1 Å². The van der Waals surface area contributed by atoms with Crippen LogP contribution in [0.2, 0.25) is 0 Å². The molecule has 0 bridgehead atoms. The molecule has 25 heavy (non-hydrogen) atoms. The molecule has 1 heterocycles. The third kappa shape index (κ3) is 4.88. The van der Waals surface area contributed by atoms with Crippen LogP contribution in [-0.4, -0.2) is 45.3 Å². The van der Waals surface area contributed by atoms with Crippen molar-refractivity contribution in [3.8, 4) is 0 Å². The van der Waals surface area contributed by atoms with E-state index in [2.05, 4.69) is 20.8 Å². The maximum atomic E-state index is 13.4. The van der Waals surface area contributed by atoms with E-state index in [9.17, 15) is 12.8 Å². The molecule has 0 amide bonds. The smallest absolute Gasteiger partial charge is 0.179 e. The van der Waals surface area contributed by atoms with Crippen molar-refractivity contribution in [2.24, 2.45) is 0 Å². The molecule has 2 aromatic rings. The SMILES string of the molecule is O=S(=O)(CCN1CCOC(c2cccc(F)c2)C1)c1ccc(Br)cc1. The van der Waals surface area contributed by atoms with E-state index >= 15 is 0 Å². The van der Waals surface area contributed by atoms with Crippen molar-refractivity contribution in [2.75, 3.05) is 32.0 Å². The van der Waals surface area contributed by atoms with Gasteiger partial charge in [0.2, 0.25) is 0 Å². The Labute approximate surface area is 155 Å². The Morgan fingerprint density at radius 3 is 2.68 bits per heavy atom. The third-order valence-electron chi connectivity index (χ3n) is 4.22. The van der Waals surface area contributed by atoms with Crippen molar-refractivity contribution >= 4 is 25.8 Å². The number of hydrogen-bond acceptors (Lipinski definition) is 4. The predicted octanol–water partition coefficient (Wildman–Crippen LogP) is 3.44. The highest BCUT2D eigenvalue weighted by molar-refractivity contribution is 9.10. The van der Waals surface area contributed by atoms with Gasteiger partial charge < -0.3 is 4.74 Å². The molecule has 134 valence electrons. The molecule has 0 aliphatic carbocycles. The van der Waals surface area contributed by atoms with E-state index in [1.165, 1.54) is 12.1 Å². The van der Waals surface area contributed by atoms with Gasteiger partial charge in [0.05, 0.1) is 23.4 Å². The summed E-state index contributed by atoms with van der Waals surface area (Å²) < 4.78 is 44.9. The Kier molecular flexibility index (Phi) is 5.89. The third-order valence-corrected chi connectivity index (χ3v) is 6.46. The largest absolute Gasteiger partial charge is 0.371 e. The second-order valence-corrected chi connectivity index (χ2v) is 9.01. The molecule has 1 aliphatic heterocycles. The number of halogens is 2. The van der Waals surface area contributed by atoms with Crippen LogP contribution in [0.1, 0.15) is 11.7 Å². The molecular weight excluding hydrogens is 409 g/mol. The molecule has 1 aliphatic rings. The highest BCUT2D eigenvalue weighted by Crippen LogP contribution is 2.23. The molecule has 1 fully saturated rings. The fourth-order valence-corrected chi connectivity index (χ4v) is 4.37. The van der Waals surface area contributed by atoms with Crippen molar-refractivity contribution in [1.29, 1.82) is 0 Å². The van der Waals surface area contributed by atoms with Gasteiger partial charge in [0.25, 0.3) is 0 Å². The minimum absolute atomic E-state index is 0.0461. The second kappa shape index (κ2) is 7.95. The molecule has 4 nitrogen and oxygen atoms in total. The molecule has 7 heteroatoms. The van der Waals surface area contributed by atoms with E-state index in [0.29, 0.717) is 31.1 Å². The Morgan fingerprint density at radius 2 is 1.96 bits per heavy atom. The molecule has 0 saturated carbocycles. The van der Waals surface area contributed by atoms with Crippen LogP contribution < -0.4 is 0 Å². The van der Waals surface area contributed by atoms with Crippen LogP contribution in [0.25, 0.3) is 0 Å². The molecule has 0 aromatic heterocycles. The van der Waals surface area contributed by atoms with Gasteiger partial charge in [-0.05, 0) is 42.0 Å². The van der Waals surface area contributed by atoms with Gasteiger partial charge in [0.15, 0.2) is 9.84 Å². The average Bonchev–Trinajstić information content (AvgIpc) is 2.61. The van der Waals surface area contributed by atoms with Crippen LogP contribution in [0, 0.1) is 5.82 Å². The van der Waals surface area contributed by atoms with Crippen LogP contribution in [0.15, 0.2) is 57.9 Å². The highest BCUT2D eigenvalue weighted by Gasteiger charge is 2.24. The molecule has 2 aromatic carbocycles. The summed E-state index contributed by atoms with van der Waals surface area (Å²) in [5, 5.41) is 0. The molecule has 0 radical (unpaired) electrons. The number of rotatable bonds is 5. The van der Waals surface area contributed by atoms with Crippen LogP contribution in [-0.2, 0) is 14.6 Å². The van der Waals surface area contributed by atoms with Crippen molar-refractivity contribution in [2.45, 2.75) is 11.0 Å². The normalized spacial score (nSPS) is 19.0. The zero-order valence-electron chi connectivity index (χ0n) is 13.6. The molecule has 1 atom stereocenters. The summed E-state index contributed by atoms with van der Waals surface area (Å²) in [6.07, 6.45) is -0.236. The minimum atomic E-state index is -3.33. The lowest BCUT2D eigenvalue weighted by Gasteiger charge is -2.33. The number of sulfone groups is 1. The Balaban J connectivity index is 1.62. The van der Waals surface area contributed by atoms with Crippen LogP contribution in [0.5, 0.6) is 0 Å². The zero-order valence-corrected chi connectivity index (χ0v) is 16.0. The fraction of sp³-hybridized carbons (Fsp3) is 0.333. The van der Waals surface area contributed by atoms with E-state index in [-0.39, 0.29) is 17.7 Å². The summed E-state index contributed by atoms with van der Waals surface area (Å²) >= 11 is 3.30. The Hall–Kier alpha value is -1.28. The van der Waals surface area contributed by atoms with Crippen LogP contribution in [0.4, 0.5) is 4.39 Å². The lowest BCUT2D eigenvalue weighted by Crippen LogP contribution is -2.40. The highest BCUT2D eigenvalue weighted by atomic mass is 79.9. The van der Waals surface area contributed by atoms with E-state index in [0.717, 1.165) is 10.0 Å². The van der Waals surface area contributed by atoms with Gasteiger partial charge in [-0.2, -0.15) is 0 Å². The van der Waals surface area contributed by atoms with Gasteiger partial charge in [-0.15, -0.1) is 0 Å². The fourth-order valence-electron chi connectivity index (χ4n) is 2.82. The maximum Gasteiger partial charge on any atom is 0.179 e. The first kappa shape index (κ1) is 18.5. The number of benzene rings is 2. The minimum Gasteiger partial charge on any atom is -0.371 e. The lowest BCUT2D eigenvalue weighted by atomic mass is 10.1. The van der Waals surface area contributed by atoms with Crippen LogP contribution >= 0.6 is 15.9 Å². The lowest BCUT2D eigenvalue weighted by molar-refractivity contribution is -0.0280. The Morgan fingerprint density at radius 1 is 1.20 bits per heavy atom. The van der Waals surface area contributed by atoms with E-state index in [4.69, 9.17) is 4.74 Å². The van der Waals surface area contributed by atoms with Crippen LogP contribution in [0.3, 0.4) is 0 Å². The first-order chi connectivity index (χ1) is 11.9. The molecule has 1 unspecified atom stereocenters. The summed E-state index contributed by atoms with van der Waals surface area (Å²) in [7, 11) is -3.33. The number of nitrogens with zero attached hydrogens (tertiary/aromatic N) is 1. The van der Waals surface area contributed by atoms with Gasteiger partial charge in [-0.3, -0.25) is 4.90 Å². The standard InChI is InChI=1S/C18H19BrFNO3S/c19-15-4-6-17(7-5-15)25(22,23)11-9-21-8-10-24-18(13-21)14-2-1-3-16(20)12-14/h1-7,12,18H,8-11,13H2. The monoisotopic (exact) mass is 427 g/mol. The second-order valence-electron chi connectivity index (χ2n) is 5.99. The summed E-state index contributed by atoms with van der Waals surface area (Å²) in [5.74, 6) is -0.249. The number of morpholine rings is 1. The van der Waals surface area contributed by atoms with E-state index < -0.39 is 9.84 Å². The molecule has 1 saturated heterocycles. The first-order valence-corrected chi connectivity index (χ1v) is 10.5. The van der Waals surface area contributed by atoms with Gasteiger partial charge in [0, 0.05) is 24.1 Å². The predicted molar refractivity (Wildman–Crippen MR) is 97.7 cm³/mol. The van der Waals surface area contributed by atoms with E-state index in [1.54, 1.807) is 30.3 Å². The van der Waals surface area contributed by atoms with E-state index in [1.807, 2.05) is 6.07 Å². The molecular formula is C18H19BrFNO3S. The topological polar surface area (TPSA) is 46.6 Å². The summed E-state index contributed by atoms with van der Waals surface area (Å²) in [6.45, 7) is 2.15. The summed E-state index contributed by atoms with van der Waals surface area (Å²) in [5.41, 5.74) is 0.778. The Bertz CT molecular complexity index is 826. The zero-order chi connectivity index (χ0) is 17.9. The number of hydrogen-bond donors (Lipinski definition) is 0. The van der Waals surface area contributed by atoms with Crippen molar-refractivity contribution in [3.05, 3.63) is 64.4 Å². The quantitative estimate of drug-likeness (QED) is 0.732. The van der Waals surface area contributed by atoms with Gasteiger partial charge in [-0.25, -0.2) is 12.8 Å². The maximum absolute atomic E-state index is 13.4. The van der Waals surface area contributed by atoms with Gasteiger partial charge >= 0.3 is 0 Å². The van der Waals surface area contributed by atoms with Gasteiger partial charge in [0.1, 0.15) is 5.82 Å². The molecule has 0 spiro atoms. The average molecular weight is 428 g/mol. The molecule has 0 N–H and O–H groups in total. The van der Waals surface area contributed by atoms with Crippen molar-refractivity contribution in [1.82, 2.24) is 4.90 Å². The summed E-state index contributed by atoms with van der Waals surface area (Å²) in [6, 6.07) is 13.0. The number of ether oxygens (including phenoxy) is 1.